The van der Waals surface area contributed by atoms with Gasteiger partial charge in [-0.1, -0.05) is 48.0 Å². The van der Waals surface area contributed by atoms with Gasteiger partial charge < -0.3 is 15.2 Å². The zero-order chi connectivity index (χ0) is 24.3. The quantitative estimate of drug-likeness (QED) is 0.396. The molecule has 33 heavy (non-hydrogen) atoms. The Morgan fingerprint density at radius 3 is 2.30 bits per heavy atom. The summed E-state index contributed by atoms with van der Waals surface area (Å²) in [5.41, 5.74) is 5.16. The summed E-state index contributed by atoms with van der Waals surface area (Å²) in [6, 6.07) is 14.3. The fourth-order valence-electron chi connectivity index (χ4n) is 3.63. The van der Waals surface area contributed by atoms with E-state index in [1.807, 2.05) is 6.07 Å². The standard InChI is InChI=1S/C22H17ClN4O6/c1-32-21(28)17-16(12-7-4-3-5-8-12)13(11-24)20(25)26(19(17)22(29)33-2)15-10-6-9-14(23)18(15)27(30)31/h3-10,16H,25H2,1-2H3. The van der Waals surface area contributed by atoms with Gasteiger partial charge in [-0.3, -0.25) is 15.0 Å². The van der Waals surface area contributed by atoms with Gasteiger partial charge >= 0.3 is 17.6 Å². The van der Waals surface area contributed by atoms with E-state index >= 15 is 0 Å². The van der Waals surface area contributed by atoms with Crippen LogP contribution < -0.4 is 10.6 Å². The molecule has 0 fully saturated rings. The number of nitrogens with two attached hydrogens (primary N) is 1. The molecular weight excluding hydrogens is 452 g/mol. The molecule has 2 N–H and O–H groups in total. The predicted molar refractivity (Wildman–Crippen MR) is 118 cm³/mol. The second-order valence-electron chi connectivity index (χ2n) is 6.70. The van der Waals surface area contributed by atoms with Gasteiger partial charge in [-0.2, -0.15) is 5.26 Å². The maximum atomic E-state index is 13.0. The number of benzene rings is 2. The molecule has 0 aromatic heterocycles. The molecule has 1 aliphatic heterocycles. The zero-order valence-corrected chi connectivity index (χ0v) is 18.2. The lowest BCUT2D eigenvalue weighted by molar-refractivity contribution is -0.383. The van der Waals surface area contributed by atoms with Gasteiger partial charge in [-0.25, -0.2) is 9.59 Å². The number of nitro benzene ring substituents is 1. The van der Waals surface area contributed by atoms with Crippen molar-refractivity contribution < 1.29 is 24.0 Å². The molecule has 1 atom stereocenters. The largest absolute Gasteiger partial charge is 0.466 e. The Balaban J connectivity index is 2.49. The number of anilines is 1. The summed E-state index contributed by atoms with van der Waals surface area (Å²) in [5, 5.41) is 21.5. The molecule has 1 heterocycles. The number of para-hydroxylation sites is 1. The first-order valence-corrected chi connectivity index (χ1v) is 9.74. The Morgan fingerprint density at radius 2 is 1.76 bits per heavy atom. The Labute approximate surface area is 193 Å². The number of carbonyl (C=O) groups is 2. The van der Waals surface area contributed by atoms with Crippen molar-refractivity contribution in [3.05, 3.63) is 91.9 Å². The first-order chi connectivity index (χ1) is 15.8. The molecule has 2 aromatic rings. The average molecular weight is 469 g/mol. The van der Waals surface area contributed by atoms with E-state index < -0.39 is 34.2 Å². The molecular formula is C22H17ClN4O6. The van der Waals surface area contributed by atoms with Crippen LogP contribution in [0, 0.1) is 21.4 Å². The Kier molecular flexibility index (Phi) is 6.65. The minimum absolute atomic E-state index is 0.122. The summed E-state index contributed by atoms with van der Waals surface area (Å²) >= 11 is 6.06. The minimum atomic E-state index is -1.09. The molecule has 0 saturated carbocycles. The number of methoxy groups -OCH3 is 2. The Morgan fingerprint density at radius 1 is 1.12 bits per heavy atom. The van der Waals surface area contributed by atoms with E-state index in [0.29, 0.717) is 5.56 Å². The van der Waals surface area contributed by atoms with E-state index in [2.05, 4.69) is 0 Å². The van der Waals surface area contributed by atoms with Crippen LogP contribution in [0.15, 0.2) is 71.2 Å². The van der Waals surface area contributed by atoms with Crippen LogP contribution >= 0.6 is 11.6 Å². The molecule has 0 aliphatic carbocycles. The van der Waals surface area contributed by atoms with Crippen molar-refractivity contribution in [1.82, 2.24) is 0 Å². The van der Waals surface area contributed by atoms with Crippen LogP contribution in [0.5, 0.6) is 0 Å². The zero-order valence-electron chi connectivity index (χ0n) is 17.4. The van der Waals surface area contributed by atoms with E-state index in [-0.39, 0.29) is 27.7 Å². The van der Waals surface area contributed by atoms with E-state index in [1.54, 1.807) is 30.3 Å². The van der Waals surface area contributed by atoms with Crippen molar-refractivity contribution >= 4 is 34.9 Å². The normalized spacial score (nSPS) is 15.7. The van der Waals surface area contributed by atoms with Gasteiger partial charge in [0, 0.05) is 0 Å². The molecule has 1 unspecified atom stereocenters. The summed E-state index contributed by atoms with van der Waals surface area (Å²) < 4.78 is 9.80. The molecule has 0 radical (unpaired) electrons. The van der Waals surface area contributed by atoms with Crippen molar-refractivity contribution in [2.75, 3.05) is 19.1 Å². The van der Waals surface area contributed by atoms with Crippen LogP contribution in [-0.2, 0) is 19.1 Å². The number of nitro groups is 1. The second-order valence-corrected chi connectivity index (χ2v) is 7.11. The van der Waals surface area contributed by atoms with Crippen molar-refractivity contribution in [1.29, 1.82) is 5.26 Å². The smallest absolute Gasteiger partial charge is 0.355 e. The van der Waals surface area contributed by atoms with Gasteiger partial charge in [0.25, 0.3) is 0 Å². The van der Waals surface area contributed by atoms with Crippen LogP contribution in [0.3, 0.4) is 0 Å². The highest BCUT2D eigenvalue weighted by molar-refractivity contribution is 6.33. The summed E-state index contributed by atoms with van der Waals surface area (Å²) in [6.45, 7) is 0. The Hall–Kier alpha value is -4.36. The van der Waals surface area contributed by atoms with E-state index in [0.717, 1.165) is 19.1 Å². The summed E-state index contributed by atoms with van der Waals surface area (Å²) in [4.78, 5) is 37.9. The third-order valence-electron chi connectivity index (χ3n) is 5.00. The lowest BCUT2D eigenvalue weighted by Crippen LogP contribution is -2.41. The maximum Gasteiger partial charge on any atom is 0.355 e. The maximum absolute atomic E-state index is 13.0. The van der Waals surface area contributed by atoms with Gasteiger partial charge in [0.1, 0.15) is 22.2 Å². The molecule has 0 bridgehead atoms. The fourth-order valence-corrected chi connectivity index (χ4v) is 3.87. The van der Waals surface area contributed by atoms with E-state index in [1.165, 1.54) is 18.2 Å². The van der Waals surface area contributed by atoms with Crippen LogP contribution in [0.2, 0.25) is 5.02 Å². The van der Waals surface area contributed by atoms with Gasteiger partial charge in [0.15, 0.2) is 0 Å². The monoisotopic (exact) mass is 468 g/mol. The first-order valence-electron chi connectivity index (χ1n) is 9.36. The average Bonchev–Trinajstić information content (AvgIpc) is 2.82. The summed E-state index contributed by atoms with van der Waals surface area (Å²) in [6.07, 6.45) is 0. The molecule has 168 valence electrons. The van der Waals surface area contributed by atoms with Crippen molar-refractivity contribution in [3.63, 3.8) is 0 Å². The summed E-state index contributed by atoms with van der Waals surface area (Å²) in [5.74, 6) is -3.36. The number of nitrogens with zero attached hydrogens (tertiary/aromatic N) is 3. The number of rotatable bonds is 5. The molecule has 0 saturated heterocycles. The van der Waals surface area contributed by atoms with Crippen molar-refractivity contribution in [2.45, 2.75) is 5.92 Å². The second kappa shape index (κ2) is 9.42. The van der Waals surface area contributed by atoms with Gasteiger partial charge in [-0.15, -0.1) is 0 Å². The molecule has 3 rings (SSSR count). The number of esters is 2. The number of ether oxygens (including phenoxy) is 2. The van der Waals surface area contributed by atoms with Crippen molar-refractivity contribution in [3.8, 4) is 6.07 Å². The molecule has 2 aromatic carbocycles. The van der Waals surface area contributed by atoms with Gasteiger partial charge in [0.2, 0.25) is 0 Å². The van der Waals surface area contributed by atoms with Crippen LogP contribution in [0.4, 0.5) is 11.4 Å². The molecule has 10 nitrogen and oxygen atoms in total. The first kappa shape index (κ1) is 23.3. The highest BCUT2D eigenvalue weighted by Gasteiger charge is 2.44. The fraction of sp³-hybridized carbons (Fsp3) is 0.136. The predicted octanol–water partition coefficient (Wildman–Crippen LogP) is 3.15. The number of halogens is 1. The van der Waals surface area contributed by atoms with Crippen LogP contribution in [-0.4, -0.2) is 31.1 Å². The third-order valence-corrected chi connectivity index (χ3v) is 5.30. The molecule has 0 amide bonds. The topological polar surface area (TPSA) is 149 Å². The lowest BCUT2D eigenvalue weighted by atomic mass is 9.81. The van der Waals surface area contributed by atoms with Crippen LogP contribution in [0.1, 0.15) is 11.5 Å². The molecule has 0 spiro atoms. The van der Waals surface area contributed by atoms with E-state index in [9.17, 15) is 25.0 Å². The minimum Gasteiger partial charge on any atom is -0.466 e. The number of hydrogen-bond donors (Lipinski definition) is 1. The number of nitriles is 1. The highest BCUT2D eigenvalue weighted by atomic mass is 35.5. The van der Waals surface area contributed by atoms with Crippen molar-refractivity contribution in [2.24, 2.45) is 5.73 Å². The van der Waals surface area contributed by atoms with Gasteiger partial charge in [-0.05, 0) is 17.7 Å². The molecule has 11 heteroatoms. The number of carbonyl (C=O) groups excluding carboxylic acids is 2. The molecule has 1 aliphatic rings. The number of allylic oxidation sites excluding steroid dienone is 1. The van der Waals surface area contributed by atoms with Crippen LogP contribution in [0.25, 0.3) is 0 Å². The SMILES string of the molecule is COC(=O)C1=C(C(=O)OC)N(c2cccc(Cl)c2[N+](=O)[O-])C(N)=C(C#N)C1c1ccccc1. The Bertz CT molecular complexity index is 1250. The lowest BCUT2D eigenvalue weighted by Gasteiger charge is -2.35. The van der Waals surface area contributed by atoms with E-state index in [4.69, 9.17) is 26.8 Å². The number of hydrogen-bond acceptors (Lipinski definition) is 9. The third kappa shape index (κ3) is 3.97. The van der Waals surface area contributed by atoms with Gasteiger partial charge in [0.05, 0.1) is 42.3 Å². The highest BCUT2D eigenvalue weighted by Crippen LogP contribution is 2.46. The summed E-state index contributed by atoms with van der Waals surface area (Å²) in [7, 11) is 2.18.